The third-order valence-corrected chi connectivity index (χ3v) is 2.65. The molecule has 1 amide bonds. The molecule has 3 nitrogen and oxygen atoms in total. The van der Waals surface area contributed by atoms with Crippen molar-refractivity contribution in [3.05, 3.63) is 48.0 Å². The predicted molar refractivity (Wildman–Crippen MR) is 74.0 cm³/mol. The summed E-state index contributed by atoms with van der Waals surface area (Å²) in [7, 11) is 0. The van der Waals surface area contributed by atoms with Gasteiger partial charge >= 0.3 is 0 Å². The molecule has 1 aromatic carbocycles. The van der Waals surface area contributed by atoms with Crippen molar-refractivity contribution in [3.8, 4) is 0 Å². The number of benzene rings is 1. The van der Waals surface area contributed by atoms with Crippen molar-refractivity contribution >= 4 is 17.5 Å². The van der Waals surface area contributed by atoms with Crippen LogP contribution in [0.3, 0.4) is 0 Å². The van der Waals surface area contributed by atoms with Crippen molar-refractivity contribution in [1.82, 2.24) is 5.32 Å². The second-order valence-electron chi connectivity index (χ2n) is 3.78. The van der Waals surface area contributed by atoms with Gasteiger partial charge in [0.15, 0.2) is 0 Å². The zero-order valence-electron chi connectivity index (χ0n) is 10.3. The lowest BCUT2D eigenvalue weighted by atomic mass is 10.1. The zero-order chi connectivity index (χ0) is 13.2. The van der Waals surface area contributed by atoms with E-state index in [2.05, 4.69) is 11.9 Å². The molecule has 0 aliphatic carbocycles. The number of carbonyl (C=O) groups excluding carboxylic acids is 1. The minimum atomic E-state index is -0.103. The van der Waals surface area contributed by atoms with Crippen LogP contribution < -0.4 is 5.32 Å². The predicted octanol–water partition coefficient (Wildman–Crippen LogP) is 2.75. The standard InChI is InChI=1S/C14H18ClNO2/c1-2-3-8-18-9-7-16-14(17)13-6-4-5-12(10-13)11-15/h2,4-6,10H,1,3,7-9,11H2,(H,16,17). The molecule has 1 aromatic rings. The van der Waals surface area contributed by atoms with Gasteiger partial charge in [0, 0.05) is 18.0 Å². The van der Waals surface area contributed by atoms with E-state index in [0.29, 0.717) is 31.2 Å². The van der Waals surface area contributed by atoms with Crippen molar-refractivity contribution in [1.29, 1.82) is 0 Å². The first kappa shape index (κ1) is 14.7. The fraction of sp³-hybridized carbons (Fsp3) is 0.357. The van der Waals surface area contributed by atoms with E-state index in [-0.39, 0.29) is 5.91 Å². The van der Waals surface area contributed by atoms with Gasteiger partial charge in [0.05, 0.1) is 13.2 Å². The van der Waals surface area contributed by atoms with Crippen LogP contribution in [0.25, 0.3) is 0 Å². The number of rotatable bonds is 8. The SMILES string of the molecule is C=CCCOCCNC(=O)c1cccc(CCl)c1. The number of nitrogens with one attached hydrogen (secondary N) is 1. The van der Waals surface area contributed by atoms with Gasteiger partial charge in [-0.2, -0.15) is 0 Å². The molecule has 0 aliphatic rings. The van der Waals surface area contributed by atoms with E-state index in [9.17, 15) is 4.79 Å². The highest BCUT2D eigenvalue weighted by molar-refractivity contribution is 6.17. The minimum Gasteiger partial charge on any atom is -0.379 e. The second-order valence-corrected chi connectivity index (χ2v) is 4.05. The van der Waals surface area contributed by atoms with Crippen molar-refractivity contribution < 1.29 is 9.53 Å². The van der Waals surface area contributed by atoms with Crippen molar-refractivity contribution in [2.75, 3.05) is 19.8 Å². The maximum atomic E-state index is 11.8. The fourth-order valence-electron chi connectivity index (χ4n) is 1.40. The largest absolute Gasteiger partial charge is 0.379 e. The lowest BCUT2D eigenvalue weighted by Crippen LogP contribution is -2.27. The number of hydrogen-bond donors (Lipinski definition) is 1. The van der Waals surface area contributed by atoms with Crippen LogP contribution >= 0.6 is 11.6 Å². The summed E-state index contributed by atoms with van der Waals surface area (Å²) < 4.78 is 5.30. The Morgan fingerprint density at radius 2 is 2.28 bits per heavy atom. The summed E-state index contributed by atoms with van der Waals surface area (Å²) in [5.74, 6) is 0.306. The Bertz CT molecular complexity index is 393. The van der Waals surface area contributed by atoms with E-state index >= 15 is 0 Å². The summed E-state index contributed by atoms with van der Waals surface area (Å²) >= 11 is 5.72. The van der Waals surface area contributed by atoms with Crippen LogP contribution in [0.15, 0.2) is 36.9 Å². The number of halogens is 1. The quantitative estimate of drug-likeness (QED) is 0.447. The molecule has 4 heteroatoms. The summed E-state index contributed by atoms with van der Waals surface area (Å²) in [5.41, 5.74) is 1.56. The number of hydrogen-bond acceptors (Lipinski definition) is 2. The van der Waals surface area contributed by atoms with Crippen molar-refractivity contribution in [2.24, 2.45) is 0 Å². The lowest BCUT2D eigenvalue weighted by Gasteiger charge is -2.06. The second kappa shape index (κ2) is 8.72. The van der Waals surface area contributed by atoms with Crippen LogP contribution in [-0.2, 0) is 10.6 Å². The Labute approximate surface area is 113 Å². The number of ether oxygens (including phenoxy) is 1. The van der Waals surface area contributed by atoms with E-state index in [1.54, 1.807) is 18.2 Å². The van der Waals surface area contributed by atoms with Gasteiger partial charge in [0.1, 0.15) is 0 Å². The van der Waals surface area contributed by atoms with Gasteiger partial charge in [-0.15, -0.1) is 18.2 Å². The molecule has 98 valence electrons. The van der Waals surface area contributed by atoms with Crippen LogP contribution in [0.2, 0.25) is 0 Å². The molecule has 0 atom stereocenters. The number of carbonyl (C=O) groups is 1. The monoisotopic (exact) mass is 267 g/mol. The van der Waals surface area contributed by atoms with Gasteiger partial charge in [0.25, 0.3) is 5.91 Å². The van der Waals surface area contributed by atoms with Gasteiger partial charge in [-0.1, -0.05) is 18.2 Å². The van der Waals surface area contributed by atoms with Gasteiger partial charge in [-0.05, 0) is 24.1 Å². The summed E-state index contributed by atoms with van der Waals surface area (Å²) in [6, 6.07) is 7.28. The molecule has 1 N–H and O–H groups in total. The summed E-state index contributed by atoms with van der Waals surface area (Å²) in [6.45, 7) is 5.25. The summed E-state index contributed by atoms with van der Waals surface area (Å²) in [4.78, 5) is 11.8. The molecule has 0 saturated heterocycles. The minimum absolute atomic E-state index is 0.103. The molecule has 0 fully saturated rings. The van der Waals surface area contributed by atoms with Crippen LogP contribution in [0.4, 0.5) is 0 Å². The molecule has 0 heterocycles. The van der Waals surface area contributed by atoms with E-state index < -0.39 is 0 Å². The Hall–Kier alpha value is -1.32. The fourth-order valence-corrected chi connectivity index (χ4v) is 1.57. The average molecular weight is 268 g/mol. The molecular formula is C14H18ClNO2. The topological polar surface area (TPSA) is 38.3 Å². The van der Waals surface area contributed by atoms with Crippen LogP contribution in [0.1, 0.15) is 22.3 Å². The smallest absolute Gasteiger partial charge is 0.251 e. The van der Waals surface area contributed by atoms with Crippen LogP contribution in [0.5, 0.6) is 0 Å². The molecule has 0 aliphatic heterocycles. The maximum absolute atomic E-state index is 11.8. The van der Waals surface area contributed by atoms with E-state index in [1.807, 2.05) is 12.1 Å². The normalized spacial score (nSPS) is 10.1. The first-order valence-corrected chi connectivity index (χ1v) is 6.43. The average Bonchev–Trinajstić information content (AvgIpc) is 2.42. The Morgan fingerprint density at radius 3 is 3.00 bits per heavy atom. The highest BCUT2D eigenvalue weighted by atomic mass is 35.5. The van der Waals surface area contributed by atoms with E-state index in [0.717, 1.165) is 12.0 Å². The number of amides is 1. The Morgan fingerprint density at radius 1 is 1.44 bits per heavy atom. The molecule has 0 spiro atoms. The molecule has 18 heavy (non-hydrogen) atoms. The van der Waals surface area contributed by atoms with Crippen molar-refractivity contribution in [3.63, 3.8) is 0 Å². The van der Waals surface area contributed by atoms with Gasteiger partial charge in [-0.25, -0.2) is 0 Å². The highest BCUT2D eigenvalue weighted by Crippen LogP contribution is 2.07. The number of alkyl halides is 1. The van der Waals surface area contributed by atoms with Crippen LogP contribution in [0, 0.1) is 0 Å². The van der Waals surface area contributed by atoms with E-state index in [4.69, 9.17) is 16.3 Å². The van der Waals surface area contributed by atoms with Crippen molar-refractivity contribution in [2.45, 2.75) is 12.3 Å². The molecule has 0 unspecified atom stereocenters. The van der Waals surface area contributed by atoms with Gasteiger partial charge < -0.3 is 10.1 Å². The molecule has 0 saturated carbocycles. The molecule has 1 rings (SSSR count). The molecular weight excluding hydrogens is 250 g/mol. The Kier molecular flexibility index (Phi) is 7.14. The van der Waals surface area contributed by atoms with Gasteiger partial charge in [-0.3, -0.25) is 4.79 Å². The molecule has 0 aromatic heterocycles. The van der Waals surface area contributed by atoms with Gasteiger partial charge in [0.2, 0.25) is 0 Å². The first-order valence-electron chi connectivity index (χ1n) is 5.89. The summed E-state index contributed by atoms with van der Waals surface area (Å²) in [5, 5.41) is 2.79. The first-order chi connectivity index (χ1) is 8.77. The summed E-state index contributed by atoms with van der Waals surface area (Å²) in [6.07, 6.45) is 2.63. The van der Waals surface area contributed by atoms with E-state index in [1.165, 1.54) is 0 Å². The third kappa shape index (κ3) is 5.34. The zero-order valence-corrected chi connectivity index (χ0v) is 11.1. The maximum Gasteiger partial charge on any atom is 0.251 e. The molecule has 0 bridgehead atoms. The Balaban J connectivity index is 2.29. The molecule has 0 radical (unpaired) electrons. The highest BCUT2D eigenvalue weighted by Gasteiger charge is 2.04. The third-order valence-electron chi connectivity index (χ3n) is 2.34. The van der Waals surface area contributed by atoms with Crippen LogP contribution in [-0.4, -0.2) is 25.7 Å². The lowest BCUT2D eigenvalue weighted by molar-refractivity contribution is 0.0918.